The van der Waals surface area contributed by atoms with E-state index in [1.54, 1.807) is 33.8 Å². The lowest BCUT2D eigenvalue weighted by atomic mass is 9.74. The first-order valence-corrected chi connectivity index (χ1v) is 9.27. The van der Waals surface area contributed by atoms with Gasteiger partial charge < -0.3 is 14.8 Å². The molecule has 0 saturated heterocycles. The van der Waals surface area contributed by atoms with Crippen molar-refractivity contribution in [2.24, 2.45) is 5.14 Å². The first kappa shape index (κ1) is 21.1. The molecule has 0 spiro atoms. The number of rotatable bonds is 5. The summed E-state index contributed by atoms with van der Waals surface area (Å²) in [5.41, 5.74) is -1.81. The Morgan fingerprint density at radius 1 is 1.08 bits per heavy atom. The van der Waals surface area contributed by atoms with Crippen LogP contribution >= 0.6 is 0 Å². The van der Waals surface area contributed by atoms with E-state index in [1.807, 2.05) is 20.8 Å². The first-order valence-electron chi connectivity index (χ1n) is 7.72. The van der Waals surface area contributed by atoms with Crippen LogP contribution in [0.3, 0.4) is 0 Å². The molecule has 1 rings (SSSR count). The van der Waals surface area contributed by atoms with E-state index in [4.69, 9.17) is 9.79 Å². The third kappa shape index (κ3) is 4.80. The quantitative estimate of drug-likeness (QED) is 0.678. The second-order valence-corrected chi connectivity index (χ2v) is 9.62. The molecule has 0 atom stereocenters. The number of aliphatic hydroxyl groups is 1. The summed E-state index contributed by atoms with van der Waals surface area (Å²) in [6.45, 7) is 12.1. The van der Waals surface area contributed by atoms with Gasteiger partial charge in [0.2, 0.25) is 10.0 Å². The zero-order valence-electron chi connectivity index (χ0n) is 15.4. The molecule has 1 aromatic rings. The van der Waals surface area contributed by atoms with E-state index in [1.165, 1.54) is 12.1 Å². The molecule has 4 N–H and O–H groups in total. The van der Waals surface area contributed by atoms with Gasteiger partial charge in [0.1, 0.15) is 0 Å². The van der Waals surface area contributed by atoms with Crippen molar-refractivity contribution in [3.63, 3.8) is 0 Å². The minimum atomic E-state index is -3.88. The molecule has 0 fully saturated rings. The number of benzene rings is 1. The average molecular weight is 357 g/mol. The lowest BCUT2D eigenvalue weighted by Gasteiger charge is -2.38. The molecule has 0 radical (unpaired) electrons. The normalized spacial score (nSPS) is 13.9. The van der Waals surface area contributed by atoms with Gasteiger partial charge >= 0.3 is 7.12 Å². The zero-order chi connectivity index (χ0) is 19.1. The number of primary sulfonamides is 1. The van der Waals surface area contributed by atoms with Crippen molar-refractivity contribution in [3.8, 4) is 0 Å². The third-order valence-corrected chi connectivity index (χ3v) is 5.25. The van der Waals surface area contributed by atoms with Crippen molar-refractivity contribution in [3.05, 3.63) is 23.8 Å². The summed E-state index contributed by atoms with van der Waals surface area (Å²) in [5.74, 6) is 0. The van der Waals surface area contributed by atoms with Crippen LogP contribution in [-0.4, -0.2) is 36.9 Å². The molecule has 0 amide bonds. The Morgan fingerprint density at radius 2 is 1.58 bits per heavy atom. The van der Waals surface area contributed by atoms with Gasteiger partial charge in [0.05, 0.1) is 16.1 Å². The highest BCUT2D eigenvalue weighted by atomic mass is 32.2. The SMILES string of the molecule is CC(C)(C)c1cc(B(O)OC(C)(C)C(C)(C)O)ccc1S(N)(=O)=O. The van der Waals surface area contributed by atoms with Crippen LogP contribution in [0.5, 0.6) is 0 Å². The predicted octanol–water partition coefficient (Wildman–Crippen LogP) is 0.885. The zero-order valence-corrected chi connectivity index (χ0v) is 16.2. The summed E-state index contributed by atoms with van der Waals surface area (Å²) in [5, 5.41) is 25.8. The van der Waals surface area contributed by atoms with E-state index in [0.717, 1.165) is 0 Å². The summed E-state index contributed by atoms with van der Waals surface area (Å²) >= 11 is 0. The molecule has 8 heteroatoms. The van der Waals surface area contributed by atoms with Crippen LogP contribution in [0.2, 0.25) is 0 Å². The fourth-order valence-corrected chi connectivity index (χ4v) is 2.96. The van der Waals surface area contributed by atoms with Crippen LogP contribution in [0, 0.1) is 0 Å². The molecule has 0 aliphatic heterocycles. The molecular weight excluding hydrogens is 329 g/mol. The van der Waals surface area contributed by atoms with E-state index in [2.05, 4.69) is 0 Å². The molecule has 0 saturated carbocycles. The van der Waals surface area contributed by atoms with Crippen LogP contribution in [0.4, 0.5) is 0 Å². The second-order valence-electron chi connectivity index (χ2n) is 8.09. The molecule has 0 heterocycles. The van der Waals surface area contributed by atoms with Crippen LogP contribution < -0.4 is 10.6 Å². The van der Waals surface area contributed by atoms with Crippen LogP contribution in [-0.2, 0) is 20.1 Å². The average Bonchev–Trinajstić information content (AvgIpc) is 2.34. The summed E-state index contributed by atoms with van der Waals surface area (Å²) in [6, 6.07) is 4.40. The van der Waals surface area contributed by atoms with E-state index < -0.39 is 33.8 Å². The highest BCUT2D eigenvalue weighted by Crippen LogP contribution is 2.29. The Hall–Kier alpha value is -0.925. The van der Waals surface area contributed by atoms with Gasteiger partial charge in [-0.25, -0.2) is 13.6 Å². The Kier molecular flexibility index (Phi) is 5.65. The minimum Gasteiger partial charge on any atom is -0.423 e. The molecule has 0 aliphatic carbocycles. The molecule has 136 valence electrons. The molecule has 0 bridgehead atoms. The molecule has 0 unspecified atom stereocenters. The van der Waals surface area contributed by atoms with E-state index in [9.17, 15) is 18.5 Å². The van der Waals surface area contributed by atoms with E-state index >= 15 is 0 Å². The second kappa shape index (κ2) is 6.42. The van der Waals surface area contributed by atoms with Crippen LogP contribution in [0.1, 0.15) is 54.0 Å². The van der Waals surface area contributed by atoms with Gasteiger partial charge in [0.25, 0.3) is 0 Å². The smallest absolute Gasteiger partial charge is 0.423 e. The number of hydrogen-bond donors (Lipinski definition) is 3. The Bertz CT molecular complexity index is 702. The van der Waals surface area contributed by atoms with Crippen molar-refractivity contribution in [2.45, 2.75) is 70.0 Å². The molecule has 6 nitrogen and oxygen atoms in total. The lowest BCUT2D eigenvalue weighted by molar-refractivity contribution is -0.0982. The predicted molar refractivity (Wildman–Crippen MR) is 95.6 cm³/mol. The first-order chi connectivity index (χ1) is 10.5. The van der Waals surface area contributed by atoms with Crippen molar-refractivity contribution in [1.82, 2.24) is 0 Å². The molecule has 0 aromatic heterocycles. The topological polar surface area (TPSA) is 110 Å². The Morgan fingerprint density at radius 3 is 1.96 bits per heavy atom. The van der Waals surface area contributed by atoms with Crippen LogP contribution in [0.15, 0.2) is 23.1 Å². The number of hydrogen-bond acceptors (Lipinski definition) is 5. The molecule has 1 aromatic carbocycles. The van der Waals surface area contributed by atoms with Gasteiger partial charge in [-0.05, 0) is 50.2 Å². The summed E-state index contributed by atoms with van der Waals surface area (Å²) in [7, 11) is -5.20. The summed E-state index contributed by atoms with van der Waals surface area (Å²) < 4.78 is 29.2. The highest BCUT2D eigenvalue weighted by Gasteiger charge is 2.40. The standard InChI is InChI=1S/C16H28BNO5S/c1-14(2,3)12-10-11(8-9-13(12)24(18,21)22)17(20)23-16(6,7)15(4,5)19/h8-10,19-20H,1-7H3,(H2,18,21,22). The molecule has 0 aliphatic rings. The van der Waals surface area contributed by atoms with E-state index in [0.29, 0.717) is 11.0 Å². The van der Waals surface area contributed by atoms with Gasteiger partial charge in [-0.3, -0.25) is 0 Å². The fraction of sp³-hybridized carbons (Fsp3) is 0.625. The maximum absolute atomic E-state index is 11.8. The van der Waals surface area contributed by atoms with Gasteiger partial charge in [-0.2, -0.15) is 0 Å². The van der Waals surface area contributed by atoms with E-state index in [-0.39, 0.29) is 4.90 Å². The van der Waals surface area contributed by atoms with Crippen molar-refractivity contribution in [1.29, 1.82) is 0 Å². The molecular formula is C16H28BNO5S. The van der Waals surface area contributed by atoms with Crippen molar-refractivity contribution < 1.29 is 23.2 Å². The van der Waals surface area contributed by atoms with Gasteiger partial charge in [0.15, 0.2) is 0 Å². The van der Waals surface area contributed by atoms with Gasteiger partial charge in [-0.1, -0.05) is 32.9 Å². The Labute approximate surface area is 145 Å². The maximum atomic E-state index is 11.8. The van der Waals surface area contributed by atoms with Crippen LogP contribution in [0.25, 0.3) is 0 Å². The van der Waals surface area contributed by atoms with Gasteiger partial charge in [-0.15, -0.1) is 0 Å². The summed E-state index contributed by atoms with van der Waals surface area (Å²) in [4.78, 5) is 0.0210. The maximum Gasteiger partial charge on any atom is 0.491 e. The number of sulfonamides is 1. The fourth-order valence-electron chi connectivity index (χ4n) is 2.03. The van der Waals surface area contributed by atoms with Gasteiger partial charge in [0, 0.05) is 0 Å². The third-order valence-electron chi connectivity index (χ3n) is 4.28. The molecule has 24 heavy (non-hydrogen) atoms. The highest BCUT2D eigenvalue weighted by molar-refractivity contribution is 7.89. The van der Waals surface area contributed by atoms with Crippen molar-refractivity contribution >= 4 is 22.6 Å². The number of nitrogens with two attached hydrogens (primary N) is 1. The Balaban J connectivity index is 3.33. The lowest BCUT2D eigenvalue weighted by Crippen LogP contribution is -2.53. The van der Waals surface area contributed by atoms with Crippen molar-refractivity contribution in [2.75, 3.05) is 0 Å². The summed E-state index contributed by atoms with van der Waals surface area (Å²) in [6.07, 6.45) is 0. The minimum absolute atomic E-state index is 0.0210. The largest absolute Gasteiger partial charge is 0.491 e. The monoisotopic (exact) mass is 357 g/mol.